The maximum atomic E-state index is 12.5. The Morgan fingerprint density at radius 1 is 1.29 bits per heavy atom. The molecule has 0 saturated carbocycles. The quantitative estimate of drug-likeness (QED) is 0.942. The molecular formula is C13H11F3N2O3. The molecule has 0 aliphatic heterocycles. The Labute approximate surface area is 117 Å². The molecule has 0 spiro atoms. The summed E-state index contributed by atoms with van der Waals surface area (Å²) in [7, 11) is 1.50. The van der Waals surface area contributed by atoms with E-state index in [0.29, 0.717) is 11.3 Å². The number of aromatic nitrogens is 2. The molecule has 8 heteroatoms. The number of hydrogen-bond acceptors (Lipinski definition) is 4. The average Bonchev–Trinajstić information content (AvgIpc) is 2.43. The van der Waals surface area contributed by atoms with Crippen LogP contribution in [0.5, 0.6) is 11.5 Å². The summed E-state index contributed by atoms with van der Waals surface area (Å²) in [4.78, 5) is 14.8. The van der Waals surface area contributed by atoms with Crippen LogP contribution >= 0.6 is 0 Å². The molecule has 0 aliphatic carbocycles. The second kappa shape index (κ2) is 5.47. The monoisotopic (exact) mass is 300 g/mol. The van der Waals surface area contributed by atoms with Gasteiger partial charge in [-0.2, -0.15) is 13.2 Å². The Bertz CT molecular complexity index is 693. The lowest BCUT2D eigenvalue weighted by atomic mass is 10.2. The number of benzene rings is 1. The highest BCUT2D eigenvalue weighted by atomic mass is 19.4. The highest BCUT2D eigenvalue weighted by Gasteiger charge is 2.37. The van der Waals surface area contributed by atoms with Gasteiger partial charge in [-0.1, -0.05) is 12.1 Å². The highest BCUT2D eigenvalue weighted by molar-refractivity contribution is 5.28. The number of aromatic hydroxyl groups is 1. The Hall–Kier alpha value is -2.51. The second-order valence-electron chi connectivity index (χ2n) is 4.22. The van der Waals surface area contributed by atoms with Gasteiger partial charge < -0.3 is 9.84 Å². The zero-order chi connectivity index (χ0) is 15.6. The van der Waals surface area contributed by atoms with E-state index < -0.39 is 23.2 Å². The third kappa shape index (κ3) is 3.15. The molecule has 21 heavy (non-hydrogen) atoms. The van der Waals surface area contributed by atoms with Crippen LogP contribution in [0.25, 0.3) is 0 Å². The van der Waals surface area contributed by atoms with Crippen LogP contribution in [0.3, 0.4) is 0 Å². The van der Waals surface area contributed by atoms with E-state index in [1.54, 1.807) is 24.3 Å². The molecule has 0 amide bonds. The van der Waals surface area contributed by atoms with Crippen molar-refractivity contribution in [3.63, 3.8) is 0 Å². The largest absolute Gasteiger partial charge is 0.502 e. The number of ether oxygens (including phenoxy) is 1. The van der Waals surface area contributed by atoms with Gasteiger partial charge in [-0.05, 0) is 17.7 Å². The molecule has 0 unspecified atom stereocenters. The first-order valence-electron chi connectivity index (χ1n) is 5.81. The lowest BCUT2D eigenvalue weighted by Gasteiger charge is -2.10. The van der Waals surface area contributed by atoms with Crippen LogP contribution in [0.2, 0.25) is 0 Å². The first-order chi connectivity index (χ1) is 9.82. The molecule has 5 nitrogen and oxygen atoms in total. The van der Waals surface area contributed by atoms with E-state index in [1.165, 1.54) is 7.11 Å². The predicted octanol–water partition coefficient (Wildman–Crippen LogP) is 2.02. The summed E-state index contributed by atoms with van der Waals surface area (Å²) in [5.41, 5.74) is -2.08. The molecule has 112 valence electrons. The molecule has 2 rings (SSSR count). The first-order valence-corrected chi connectivity index (χ1v) is 5.81. The minimum Gasteiger partial charge on any atom is -0.502 e. The van der Waals surface area contributed by atoms with Gasteiger partial charge in [-0.3, -0.25) is 9.36 Å². The maximum absolute atomic E-state index is 12.5. The Balaban J connectivity index is 2.33. The maximum Gasteiger partial charge on any atom is 0.437 e. The summed E-state index contributed by atoms with van der Waals surface area (Å²) in [6.45, 7) is -0.0124. The van der Waals surface area contributed by atoms with E-state index in [9.17, 15) is 23.1 Å². The lowest BCUT2D eigenvalue weighted by Crippen LogP contribution is -2.24. The standard InChI is InChI=1S/C13H11F3N2O3/c1-21-9-4-2-8(3-5-9)6-18-7-17-11(13(14,15)16)10(19)12(18)20/h2-5,7,19H,6H2,1H3. The van der Waals surface area contributed by atoms with E-state index in [-0.39, 0.29) is 6.54 Å². The summed E-state index contributed by atoms with van der Waals surface area (Å²) in [5, 5.41) is 9.34. The van der Waals surface area contributed by atoms with Gasteiger partial charge in [-0.15, -0.1) is 0 Å². The van der Waals surface area contributed by atoms with Gasteiger partial charge in [-0.25, -0.2) is 4.98 Å². The van der Waals surface area contributed by atoms with Crippen LogP contribution in [-0.4, -0.2) is 21.8 Å². The summed E-state index contributed by atoms with van der Waals surface area (Å²) < 4.78 is 43.3. The Morgan fingerprint density at radius 2 is 1.90 bits per heavy atom. The fourth-order valence-electron chi connectivity index (χ4n) is 1.73. The Morgan fingerprint density at radius 3 is 2.43 bits per heavy atom. The molecule has 0 fully saturated rings. The molecule has 0 atom stereocenters. The van der Waals surface area contributed by atoms with Crippen LogP contribution in [0.4, 0.5) is 13.2 Å². The number of rotatable bonds is 3. The molecule has 1 aromatic heterocycles. The topological polar surface area (TPSA) is 64.3 Å². The van der Waals surface area contributed by atoms with Crippen molar-refractivity contribution >= 4 is 0 Å². The SMILES string of the molecule is COc1ccc(Cn2cnc(C(F)(F)F)c(O)c2=O)cc1. The molecule has 0 bridgehead atoms. The zero-order valence-corrected chi connectivity index (χ0v) is 10.9. The van der Waals surface area contributed by atoms with Gasteiger partial charge in [0.25, 0.3) is 5.56 Å². The molecule has 0 saturated heterocycles. The van der Waals surface area contributed by atoms with E-state index in [2.05, 4.69) is 4.98 Å². The molecule has 1 aromatic carbocycles. The molecule has 0 radical (unpaired) electrons. The number of halogens is 3. The van der Waals surface area contributed by atoms with Crippen molar-refractivity contribution in [1.29, 1.82) is 0 Å². The fourth-order valence-corrected chi connectivity index (χ4v) is 1.73. The smallest absolute Gasteiger partial charge is 0.437 e. The van der Waals surface area contributed by atoms with Crippen molar-refractivity contribution in [2.75, 3.05) is 7.11 Å². The third-order valence-electron chi connectivity index (χ3n) is 2.79. The minimum atomic E-state index is -4.87. The van der Waals surface area contributed by atoms with Crippen LogP contribution in [0, 0.1) is 0 Å². The normalized spacial score (nSPS) is 11.4. The van der Waals surface area contributed by atoms with Crippen molar-refractivity contribution < 1.29 is 23.0 Å². The van der Waals surface area contributed by atoms with Crippen LogP contribution in [0.1, 0.15) is 11.3 Å². The Kier molecular flexibility index (Phi) is 3.88. The molecule has 1 N–H and O–H groups in total. The van der Waals surface area contributed by atoms with Gasteiger partial charge in [0.1, 0.15) is 5.75 Å². The number of alkyl halides is 3. The summed E-state index contributed by atoms with van der Waals surface area (Å²) in [6.07, 6.45) is -4.11. The van der Waals surface area contributed by atoms with Crippen LogP contribution in [0.15, 0.2) is 35.4 Å². The second-order valence-corrected chi connectivity index (χ2v) is 4.22. The molecule has 2 aromatic rings. The zero-order valence-electron chi connectivity index (χ0n) is 10.9. The average molecular weight is 300 g/mol. The number of hydrogen-bond donors (Lipinski definition) is 1. The van der Waals surface area contributed by atoms with Crippen molar-refractivity contribution in [2.24, 2.45) is 0 Å². The van der Waals surface area contributed by atoms with E-state index in [1.807, 2.05) is 0 Å². The van der Waals surface area contributed by atoms with Crippen LogP contribution < -0.4 is 10.3 Å². The molecule has 0 aliphatic rings. The van der Waals surface area contributed by atoms with Crippen molar-refractivity contribution in [1.82, 2.24) is 9.55 Å². The number of methoxy groups -OCH3 is 1. The summed E-state index contributed by atoms with van der Waals surface area (Å²) in [5.74, 6) is -0.794. The fraction of sp³-hybridized carbons (Fsp3) is 0.231. The van der Waals surface area contributed by atoms with Crippen molar-refractivity contribution in [3.05, 3.63) is 52.2 Å². The first kappa shape index (κ1) is 14.9. The van der Waals surface area contributed by atoms with E-state index in [0.717, 1.165) is 10.9 Å². The van der Waals surface area contributed by atoms with E-state index >= 15 is 0 Å². The third-order valence-corrected chi connectivity index (χ3v) is 2.79. The molecule has 1 heterocycles. The molecular weight excluding hydrogens is 289 g/mol. The van der Waals surface area contributed by atoms with Gasteiger partial charge in [0.2, 0.25) is 5.75 Å². The minimum absolute atomic E-state index is 0.0124. The van der Waals surface area contributed by atoms with Gasteiger partial charge in [0.05, 0.1) is 20.0 Å². The van der Waals surface area contributed by atoms with Gasteiger partial charge in [0.15, 0.2) is 5.69 Å². The van der Waals surface area contributed by atoms with Gasteiger partial charge >= 0.3 is 6.18 Å². The van der Waals surface area contributed by atoms with Crippen molar-refractivity contribution in [2.45, 2.75) is 12.7 Å². The highest BCUT2D eigenvalue weighted by Crippen LogP contribution is 2.31. The van der Waals surface area contributed by atoms with E-state index in [4.69, 9.17) is 4.74 Å². The predicted molar refractivity (Wildman–Crippen MR) is 67.3 cm³/mol. The van der Waals surface area contributed by atoms with Crippen molar-refractivity contribution in [3.8, 4) is 11.5 Å². The lowest BCUT2D eigenvalue weighted by molar-refractivity contribution is -0.142. The number of nitrogens with zero attached hydrogens (tertiary/aromatic N) is 2. The van der Waals surface area contributed by atoms with Gasteiger partial charge in [0, 0.05) is 0 Å². The summed E-state index contributed by atoms with van der Waals surface area (Å²) >= 11 is 0. The summed E-state index contributed by atoms with van der Waals surface area (Å²) in [6, 6.07) is 6.61. The van der Waals surface area contributed by atoms with Crippen LogP contribution in [-0.2, 0) is 12.7 Å².